The van der Waals surface area contributed by atoms with E-state index in [1.54, 1.807) is 6.07 Å². The average molecular weight is 416 g/mol. The molecule has 0 bridgehead atoms. The molecule has 2 aromatic carbocycles. The first-order valence-electron chi connectivity index (χ1n) is 8.19. The summed E-state index contributed by atoms with van der Waals surface area (Å²) in [6.45, 7) is 3.60. The lowest BCUT2D eigenvalue weighted by atomic mass is 10.1. The third kappa shape index (κ3) is 6.54. The second kappa shape index (κ2) is 8.61. The molecule has 0 saturated carbocycles. The average Bonchev–Trinajstić information content (AvgIpc) is 2.56. The van der Waals surface area contributed by atoms with Crippen LogP contribution in [0.3, 0.4) is 0 Å². The van der Waals surface area contributed by atoms with Crippen molar-refractivity contribution in [1.82, 2.24) is 4.72 Å². The molecule has 0 fully saturated rings. The second-order valence-electron chi connectivity index (χ2n) is 6.03. The fourth-order valence-corrected chi connectivity index (χ4v) is 3.40. The van der Waals surface area contributed by atoms with Crippen LogP contribution in [0.4, 0.5) is 18.9 Å². The van der Waals surface area contributed by atoms with Gasteiger partial charge in [-0.3, -0.25) is 4.79 Å². The molecule has 0 spiro atoms. The smallest absolute Gasteiger partial charge is 0.406 e. The van der Waals surface area contributed by atoms with Crippen molar-refractivity contribution in [1.29, 1.82) is 0 Å². The number of hydrogen-bond donors (Lipinski definition) is 2. The van der Waals surface area contributed by atoms with Gasteiger partial charge in [-0.1, -0.05) is 17.7 Å². The number of ether oxygens (including phenoxy) is 1. The molecule has 0 unspecified atom stereocenters. The van der Waals surface area contributed by atoms with Crippen molar-refractivity contribution >= 4 is 21.6 Å². The molecule has 6 nitrogen and oxygen atoms in total. The summed E-state index contributed by atoms with van der Waals surface area (Å²) in [6.07, 6.45) is -4.97. The summed E-state index contributed by atoms with van der Waals surface area (Å²) in [4.78, 5) is 11.7. The molecule has 0 atom stereocenters. The molecule has 0 aliphatic heterocycles. The molecule has 152 valence electrons. The Morgan fingerprint density at radius 1 is 1.07 bits per heavy atom. The number of rotatable bonds is 7. The number of benzene rings is 2. The third-order valence-electron chi connectivity index (χ3n) is 3.67. The van der Waals surface area contributed by atoms with Gasteiger partial charge in [-0.05, 0) is 49.7 Å². The summed E-state index contributed by atoms with van der Waals surface area (Å²) in [5.74, 6) is -0.900. The van der Waals surface area contributed by atoms with Crippen molar-refractivity contribution in [3.8, 4) is 5.75 Å². The van der Waals surface area contributed by atoms with E-state index in [1.807, 2.05) is 26.0 Å². The van der Waals surface area contributed by atoms with Crippen molar-refractivity contribution in [2.75, 3.05) is 11.9 Å². The molecule has 2 rings (SSSR count). The second-order valence-corrected chi connectivity index (χ2v) is 7.80. The van der Waals surface area contributed by atoms with Crippen LogP contribution in [0.15, 0.2) is 47.4 Å². The van der Waals surface area contributed by atoms with Gasteiger partial charge in [-0.15, -0.1) is 13.2 Å². The Morgan fingerprint density at radius 3 is 2.29 bits per heavy atom. The Kier molecular flexibility index (Phi) is 6.68. The predicted octanol–water partition coefficient (Wildman–Crippen LogP) is 3.51. The molecule has 2 aromatic rings. The number of nitrogens with one attached hydrogen (secondary N) is 2. The number of aryl methyl sites for hydroxylation is 2. The molecule has 0 aliphatic carbocycles. The first-order valence-corrected chi connectivity index (χ1v) is 9.67. The lowest BCUT2D eigenvalue weighted by Crippen LogP contribution is -2.28. The molecular formula is C18H19F3N2O4S. The van der Waals surface area contributed by atoms with E-state index in [1.165, 1.54) is 0 Å². The van der Waals surface area contributed by atoms with Gasteiger partial charge < -0.3 is 10.1 Å². The van der Waals surface area contributed by atoms with Crippen LogP contribution in [0.2, 0.25) is 0 Å². The monoisotopic (exact) mass is 416 g/mol. The van der Waals surface area contributed by atoms with Crippen LogP contribution in [0.1, 0.15) is 17.5 Å². The zero-order valence-corrected chi connectivity index (χ0v) is 15.9. The minimum atomic E-state index is -4.86. The Labute approximate surface area is 160 Å². The number of sulfonamides is 1. The van der Waals surface area contributed by atoms with Crippen LogP contribution in [-0.2, 0) is 14.8 Å². The number of hydrogen-bond acceptors (Lipinski definition) is 4. The fourth-order valence-electron chi connectivity index (χ4n) is 2.37. The largest absolute Gasteiger partial charge is 0.573 e. The topological polar surface area (TPSA) is 84.5 Å². The van der Waals surface area contributed by atoms with Gasteiger partial charge in [-0.25, -0.2) is 13.1 Å². The maximum absolute atomic E-state index is 12.2. The first kappa shape index (κ1) is 21.7. The highest BCUT2D eigenvalue weighted by Gasteiger charge is 2.31. The van der Waals surface area contributed by atoms with Gasteiger partial charge in [0, 0.05) is 18.7 Å². The van der Waals surface area contributed by atoms with E-state index in [4.69, 9.17) is 0 Å². The van der Waals surface area contributed by atoms with Crippen LogP contribution in [0.5, 0.6) is 5.75 Å². The van der Waals surface area contributed by atoms with Gasteiger partial charge in [0.05, 0.1) is 4.90 Å². The maximum atomic E-state index is 12.2. The van der Waals surface area contributed by atoms with Crippen molar-refractivity contribution < 1.29 is 31.1 Å². The summed E-state index contributed by atoms with van der Waals surface area (Å²) < 4.78 is 66.6. The third-order valence-corrected chi connectivity index (χ3v) is 5.14. The minimum Gasteiger partial charge on any atom is -0.406 e. The number of halogens is 3. The van der Waals surface area contributed by atoms with Crippen molar-refractivity contribution in [3.63, 3.8) is 0 Å². The van der Waals surface area contributed by atoms with E-state index < -0.39 is 22.1 Å². The normalized spacial score (nSPS) is 11.9. The SMILES string of the molecule is Cc1ccc(NC(=O)CCNS(=O)(=O)c2ccc(OC(F)(F)F)cc2)c(C)c1. The van der Waals surface area contributed by atoms with Gasteiger partial charge in [0.1, 0.15) is 5.75 Å². The number of anilines is 1. The van der Waals surface area contributed by atoms with E-state index in [0.29, 0.717) is 5.69 Å². The molecular weight excluding hydrogens is 397 g/mol. The fraction of sp³-hybridized carbons (Fsp3) is 0.278. The standard InChI is InChI=1S/C18H19F3N2O4S/c1-12-3-8-16(13(2)11-12)23-17(24)9-10-22-28(25,26)15-6-4-14(5-7-15)27-18(19,20)21/h3-8,11,22H,9-10H2,1-2H3,(H,23,24). The molecule has 0 heterocycles. The summed E-state index contributed by atoms with van der Waals surface area (Å²) in [6, 6.07) is 9.28. The summed E-state index contributed by atoms with van der Waals surface area (Å²) in [7, 11) is -3.97. The molecule has 0 radical (unpaired) electrons. The van der Waals surface area contributed by atoms with Gasteiger partial charge in [0.15, 0.2) is 0 Å². The van der Waals surface area contributed by atoms with Crippen LogP contribution in [0.25, 0.3) is 0 Å². The Morgan fingerprint density at radius 2 is 1.71 bits per heavy atom. The lowest BCUT2D eigenvalue weighted by Gasteiger charge is -2.11. The minimum absolute atomic E-state index is 0.109. The van der Waals surface area contributed by atoms with Crippen LogP contribution >= 0.6 is 0 Å². The van der Waals surface area contributed by atoms with E-state index in [9.17, 15) is 26.4 Å². The molecule has 2 N–H and O–H groups in total. The van der Waals surface area contributed by atoms with Crippen molar-refractivity contribution in [2.24, 2.45) is 0 Å². The Balaban J connectivity index is 1.89. The number of alkyl halides is 3. The Bertz CT molecular complexity index is 942. The van der Waals surface area contributed by atoms with Gasteiger partial charge in [0.25, 0.3) is 0 Å². The first-order chi connectivity index (χ1) is 13.0. The highest BCUT2D eigenvalue weighted by atomic mass is 32.2. The number of carbonyl (C=O) groups is 1. The van der Waals surface area contributed by atoms with E-state index >= 15 is 0 Å². The van der Waals surface area contributed by atoms with E-state index in [-0.39, 0.29) is 23.8 Å². The zero-order chi connectivity index (χ0) is 20.9. The summed E-state index contributed by atoms with van der Waals surface area (Å²) in [5, 5.41) is 2.70. The van der Waals surface area contributed by atoms with Gasteiger partial charge in [-0.2, -0.15) is 0 Å². The highest BCUT2D eigenvalue weighted by Crippen LogP contribution is 2.23. The molecule has 1 amide bonds. The molecule has 0 saturated heterocycles. The summed E-state index contributed by atoms with van der Waals surface area (Å²) in [5.41, 5.74) is 2.57. The molecule has 10 heteroatoms. The van der Waals surface area contributed by atoms with Gasteiger partial charge >= 0.3 is 6.36 Å². The van der Waals surface area contributed by atoms with Crippen molar-refractivity contribution in [2.45, 2.75) is 31.5 Å². The van der Waals surface area contributed by atoms with Crippen molar-refractivity contribution in [3.05, 3.63) is 53.6 Å². The molecule has 0 aliphatic rings. The quantitative estimate of drug-likeness (QED) is 0.724. The van der Waals surface area contributed by atoms with Crippen LogP contribution < -0.4 is 14.8 Å². The highest BCUT2D eigenvalue weighted by molar-refractivity contribution is 7.89. The van der Waals surface area contributed by atoms with Gasteiger partial charge in [0.2, 0.25) is 15.9 Å². The number of amides is 1. The van der Waals surface area contributed by atoms with E-state index in [2.05, 4.69) is 14.8 Å². The molecule has 0 aromatic heterocycles. The van der Waals surface area contributed by atoms with Crippen LogP contribution in [-0.4, -0.2) is 27.2 Å². The van der Waals surface area contributed by atoms with Crippen LogP contribution in [0, 0.1) is 13.8 Å². The Hall–Kier alpha value is -2.59. The summed E-state index contributed by atoms with van der Waals surface area (Å²) >= 11 is 0. The molecule has 28 heavy (non-hydrogen) atoms. The zero-order valence-electron chi connectivity index (χ0n) is 15.1. The maximum Gasteiger partial charge on any atom is 0.573 e. The predicted molar refractivity (Wildman–Crippen MR) is 97.5 cm³/mol. The number of carbonyl (C=O) groups excluding carboxylic acids is 1. The lowest BCUT2D eigenvalue weighted by molar-refractivity contribution is -0.274. The van der Waals surface area contributed by atoms with E-state index in [0.717, 1.165) is 35.4 Å².